The second kappa shape index (κ2) is 8.20. The zero-order valence-electron chi connectivity index (χ0n) is 19.7. The quantitative estimate of drug-likeness (QED) is 0.626. The number of hydrogen-bond donors (Lipinski definition) is 2. The number of aromatic nitrogens is 2. The van der Waals surface area contributed by atoms with Crippen molar-refractivity contribution in [2.24, 2.45) is 0 Å². The molecule has 5 rings (SSSR count). The number of likely N-dealkylation sites (tertiary alicyclic amines) is 1. The number of nitrogens with one attached hydrogen (secondary N) is 1. The molecule has 2 aliphatic heterocycles. The Morgan fingerprint density at radius 1 is 1.21 bits per heavy atom. The van der Waals surface area contributed by atoms with Gasteiger partial charge < -0.3 is 24.8 Å². The summed E-state index contributed by atoms with van der Waals surface area (Å²) in [7, 11) is 0. The molecule has 1 atom stereocenters. The molecule has 1 fully saturated rings. The van der Waals surface area contributed by atoms with Crippen LogP contribution >= 0.6 is 0 Å². The third kappa shape index (κ3) is 3.50. The lowest BCUT2D eigenvalue weighted by Crippen LogP contribution is -2.56. The summed E-state index contributed by atoms with van der Waals surface area (Å²) in [5.41, 5.74) is 2.49. The molecule has 0 radical (unpaired) electrons. The number of aromatic hydroxyl groups is 1. The van der Waals surface area contributed by atoms with Gasteiger partial charge in [0.1, 0.15) is 11.3 Å². The Morgan fingerprint density at radius 3 is 2.79 bits per heavy atom. The third-order valence-corrected chi connectivity index (χ3v) is 6.77. The minimum absolute atomic E-state index is 0.0290. The van der Waals surface area contributed by atoms with E-state index >= 15 is 0 Å². The van der Waals surface area contributed by atoms with Crippen LogP contribution < -0.4 is 10.2 Å². The molecule has 3 aromatic rings. The van der Waals surface area contributed by atoms with Crippen LogP contribution in [-0.4, -0.2) is 57.0 Å². The van der Waals surface area contributed by atoms with Crippen LogP contribution in [0.2, 0.25) is 0 Å². The number of nitrogens with zero attached hydrogens (tertiary/aromatic N) is 4. The highest BCUT2D eigenvalue weighted by Gasteiger charge is 2.51. The van der Waals surface area contributed by atoms with E-state index in [4.69, 9.17) is 0 Å². The average Bonchev–Trinajstić information content (AvgIpc) is 3.46. The number of pyridine rings is 1. The smallest absolute Gasteiger partial charge is 0.254 e. The van der Waals surface area contributed by atoms with Crippen molar-refractivity contribution < 1.29 is 14.7 Å². The Kier molecular flexibility index (Phi) is 5.31. The normalized spacial score (nSPS) is 18.8. The average molecular weight is 460 g/mol. The van der Waals surface area contributed by atoms with Gasteiger partial charge in [0.15, 0.2) is 5.82 Å². The Balaban J connectivity index is 1.55. The molecule has 2 amide bonds. The van der Waals surface area contributed by atoms with Crippen LogP contribution in [0.25, 0.3) is 5.82 Å². The summed E-state index contributed by atoms with van der Waals surface area (Å²) in [5, 5.41) is 13.1. The fourth-order valence-electron chi connectivity index (χ4n) is 5.17. The van der Waals surface area contributed by atoms with Crippen molar-refractivity contribution in [1.29, 1.82) is 0 Å². The maximum absolute atomic E-state index is 13.4. The predicted octanol–water partition coefficient (Wildman–Crippen LogP) is 2.97. The van der Waals surface area contributed by atoms with E-state index in [1.54, 1.807) is 25.3 Å². The zero-order chi connectivity index (χ0) is 24.0. The van der Waals surface area contributed by atoms with Crippen molar-refractivity contribution in [2.45, 2.75) is 38.8 Å². The molecule has 1 unspecified atom stereocenters. The van der Waals surface area contributed by atoms with Gasteiger partial charge in [0.05, 0.1) is 17.9 Å². The Morgan fingerprint density at radius 2 is 2.03 bits per heavy atom. The number of fused-ring (bicyclic) bond motifs is 4. The number of aryl methyl sites for hydroxylation is 1. The van der Waals surface area contributed by atoms with Crippen LogP contribution in [-0.2, 0) is 10.3 Å². The van der Waals surface area contributed by atoms with E-state index in [9.17, 15) is 14.7 Å². The second-order valence-corrected chi connectivity index (χ2v) is 9.43. The molecule has 1 saturated heterocycles. The van der Waals surface area contributed by atoms with Crippen molar-refractivity contribution in [3.05, 3.63) is 71.7 Å². The summed E-state index contributed by atoms with van der Waals surface area (Å²) in [5.74, 6) is 0.684. The minimum atomic E-state index is -0.573. The molecule has 0 saturated carbocycles. The number of anilines is 1. The van der Waals surface area contributed by atoms with Crippen LogP contribution in [0.1, 0.15) is 41.9 Å². The second-order valence-electron chi connectivity index (χ2n) is 9.43. The molecule has 8 nitrogen and oxygen atoms in total. The molecule has 2 N–H and O–H groups in total. The van der Waals surface area contributed by atoms with Gasteiger partial charge in [0.2, 0.25) is 5.91 Å². The van der Waals surface area contributed by atoms with E-state index in [0.29, 0.717) is 25.1 Å². The Bertz CT molecular complexity index is 1270. The first-order valence-corrected chi connectivity index (χ1v) is 11.6. The van der Waals surface area contributed by atoms with E-state index < -0.39 is 5.54 Å². The fraction of sp³-hybridized carbons (Fsp3) is 0.346. The topological polar surface area (TPSA) is 90.7 Å². The molecule has 0 aliphatic carbocycles. The van der Waals surface area contributed by atoms with Gasteiger partial charge in [0.25, 0.3) is 5.91 Å². The standard InChI is InChI=1S/C26H29N5O3/c1-17(2)28-23(33)15-31-20-6-4-11-27-24(20)30-12-5-7-22(30)26(31)10-13-29(16-26)25(34)19-9-8-18(3)21(32)14-19/h4-9,11-12,14,17,32H,10,13,15-16H2,1-3H3,(H,28,33). The molecular formula is C26H29N5O3. The molecule has 1 aromatic carbocycles. The van der Waals surface area contributed by atoms with Crippen molar-refractivity contribution in [1.82, 2.24) is 19.8 Å². The predicted molar refractivity (Wildman–Crippen MR) is 129 cm³/mol. The van der Waals surface area contributed by atoms with Gasteiger partial charge in [0, 0.05) is 37.1 Å². The largest absolute Gasteiger partial charge is 0.508 e. The first-order chi connectivity index (χ1) is 16.3. The Labute approximate surface area is 198 Å². The van der Waals surface area contributed by atoms with Crippen LogP contribution in [0, 0.1) is 6.92 Å². The number of carbonyl (C=O) groups is 2. The minimum Gasteiger partial charge on any atom is -0.508 e. The summed E-state index contributed by atoms with van der Waals surface area (Å²) in [6, 6.07) is 13.0. The first-order valence-electron chi connectivity index (χ1n) is 11.6. The Hall–Kier alpha value is -3.81. The molecular weight excluding hydrogens is 430 g/mol. The molecule has 2 aromatic heterocycles. The van der Waals surface area contributed by atoms with Gasteiger partial charge in [-0.15, -0.1) is 0 Å². The van der Waals surface area contributed by atoms with Crippen LogP contribution in [0.4, 0.5) is 5.69 Å². The zero-order valence-corrected chi connectivity index (χ0v) is 19.7. The first kappa shape index (κ1) is 22.0. The van der Waals surface area contributed by atoms with E-state index in [1.165, 1.54) is 6.07 Å². The molecule has 0 bridgehead atoms. The van der Waals surface area contributed by atoms with E-state index in [0.717, 1.165) is 22.8 Å². The lowest BCUT2D eigenvalue weighted by molar-refractivity contribution is -0.120. The maximum atomic E-state index is 13.4. The summed E-state index contributed by atoms with van der Waals surface area (Å²) in [6.07, 6.45) is 4.40. The SMILES string of the molecule is Cc1ccc(C(=O)N2CCC3(C2)c2cccn2-c2ncccc2N3CC(=O)NC(C)C)cc1O. The summed E-state index contributed by atoms with van der Waals surface area (Å²) in [6.45, 7) is 6.81. The highest BCUT2D eigenvalue weighted by Crippen LogP contribution is 2.47. The van der Waals surface area contributed by atoms with Gasteiger partial charge in [-0.05, 0) is 69.2 Å². The van der Waals surface area contributed by atoms with E-state index in [1.807, 2.05) is 43.1 Å². The van der Waals surface area contributed by atoms with Crippen LogP contribution in [0.5, 0.6) is 5.75 Å². The van der Waals surface area contributed by atoms with Crippen molar-refractivity contribution >= 4 is 17.5 Å². The van der Waals surface area contributed by atoms with Gasteiger partial charge in [-0.2, -0.15) is 0 Å². The lowest BCUT2D eigenvalue weighted by Gasteiger charge is -2.46. The number of benzene rings is 1. The molecule has 34 heavy (non-hydrogen) atoms. The number of amides is 2. The molecule has 8 heteroatoms. The lowest BCUT2D eigenvalue weighted by atomic mass is 9.88. The van der Waals surface area contributed by atoms with Crippen molar-refractivity contribution in [3.8, 4) is 11.6 Å². The number of hydrogen-bond acceptors (Lipinski definition) is 5. The maximum Gasteiger partial charge on any atom is 0.254 e. The number of phenols is 1. The summed E-state index contributed by atoms with van der Waals surface area (Å²) in [4.78, 5) is 34.9. The van der Waals surface area contributed by atoms with Crippen LogP contribution in [0.15, 0.2) is 54.9 Å². The molecule has 4 heterocycles. The fourth-order valence-corrected chi connectivity index (χ4v) is 5.17. The van der Waals surface area contributed by atoms with Gasteiger partial charge in [-0.3, -0.25) is 9.59 Å². The molecule has 176 valence electrons. The van der Waals surface area contributed by atoms with Crippen LogP contribution in [0.3, 0.4) is 0 Å². The summed E-state index contributed by atoms with van der Waals surface area (Å²) >= 11 is 0. The summed E-state index contributed by atoms with van der Waals surface area (Å²) < 4.78 is 2.07. The van der Waals surface area contributed by atoms with E-state index in [-0.39, 0.29) is 30.2 Å². The van der Waals surface area contributed by atoms with E-state index in [2.05, 4.69) is 25.8 Å². The monoisotopic (exact) mass is 459 g/mol. The van der Waals surface area contributed by atoms with Gasteiger partial charge in [-0.25, -0.2) is 4.98 Å². The van der Waals surface area contributed by atoms with Crippen molar-refractivity contribution in [3.63, 3.8) is 0 Å². The number of phenolic OH excluding ortho intramolecular Hbond substituents is 1. The molecule has 2 aliphatic rings. The highest BCUT2D eigenvalue weighted by atomic mass is 16.3. The number of carbonyl (C=O) groups excluding carboxylic acids is 2. The van der Waals surface area contributed by atoms with Crippen molar-refractivity contribution in [2.75, 3.05) is 24.5 Å². The highest BCUT2D eigenvalue weighted by molar-refractivity contribution is 5.95. The third-order valence-electron chi connectivity index (χ3n) is 6.77. The van der Waals surface area contributed by atoms with Gasteiger partial charge in [-0.1, -0.05) is 6.07 Å². The number of rotatable bonds is 4. The molecule has 1 spiro atoms. The van der Waals surface area contributed by atoms with Gasteiger partial charge >= 0.3 is 0 Å².